The first-order chi connectivity index (χ1) is 14.1. The lowest BCUT2D eigenvalue weighted by molar-refractivity contribution is -0.152. The van der Waals surface area contributed by atoms with Gasteiger partial charge in [0.25, 0.3) is 0 Å². The maximum absolute atomic E-state index is 12.8. The number of aliphatic carboxylic acids is 1. The molecule has 3 rings (SSSR count). The Bertz CT molecular complexity index is 1100. The summed E-state index contributed by atoms with van der Waals surface area (Å²) in [6, 6.07) is 11.6. The van der Waals surface area contributed by atoms with Crippen molar-refractivity contribution < 1.29 is 14.6 Å². The van der Waals surface area contributed by atoms with E-state index in [1.807, 2.05) is 50.2 Å². The molecule has 0 fully saturated rings. The highest BCUT2D eigenvalue weighted by atomic mass is 16.5. The van der Waals surface area contributed by atoms with Gasteiger partial charge < -0.3 is 9.84 Å². The van der Waals surface area contributed by atoms with Crippen molar-refractivity contribution in [1.29, 1.82) is 0 Å². The van der Waals surface area contributed by atoms with E-state index in [0.29, 0.717) is 12.3 Å². The van der Waals surface area contributed by atoms with Crippen molar-refractivity contribution in [2.75, 3.05) is 0 Å². The van der Waals surface area contributed by atoms with Gasteiger partial charge in [-0.3, -0.25) is 0 Å². The van der Waals surface area contributed by atoms with Crippen LogP contribution in [0.4, 0.5) is 0 Å². The third kappa shape index (κ3) is 4.30. The molecule has 7 nitrogen and oxygen atoms in total. The van der Waals surface area contributed by atoms with Crippen molar-refractivity contribution in [1.82, 2.24) is 14.3 Å². The topological polar surface area (TPSA) is 86.3 Å². The number of aromatic nitrogens is 3. The molecule has 7 heteroatoms. The van der Waals surface area contributed by atoms with E-state index in [0.717, 1.165) is 28.8 Å². The fourth-order valence-corrected chi connectivity index (χ4v) is 3.28. The van der Waals surface area contributed by atoms with Crippen LogP contribution in [-0.2, 0) is 17.8 Å². The highest BCUT2D eigenvalue weighted by molar-refractivity contribution is 5.77. The number of carboxylic acids is 1. The van der Waals surface area contributed by atoms with Crippen LogP contribution >= 0.6 is 0 Å². The van der Waals surface area contributed by atoms with E-state index in [1.54, 1.807) is 0 Å². The molecule has 0 amide bonds. The minimum Gasteiger partial charge on any atom is -0.478 e. The minimum absolute atomic E-state index is 0.220. The van der Waals surface area contributed by atoms with Crippen LogP contribution in [0.25, 0.3) is 5.69 Å². The Kier molecular flexibility index (Phi) is 5.82. The van der Waals surface area contributed by atoms with Crippen LogP contribution in [-0.4, -0.2) is 31.0 Å². The summed E-state index contributed by atoms with van der Waals surface area (Å²) in [7, 11) is 0. The highest BCUT2D eigenvalue weighted by Gasteiger charge is 2.30. The molecular weight excluding hydrogens is 382 g/mol. The number of carboxylic acid groups (broad SMARTS) is 1. The lowest BCUT2D eigenvalue weighted by atomic mass is 10.0. The molecule has 0 aliphatic rings. The van der Waals surface area contributed by atoms with Gasteiger partial charge in [-0.05, 0) is 68.5 Å². The fraction of sp³-hybridized carbons (Fsp3) is 0.348. The molecule has 0 radical (unpaired) electrons. The quantitative estimate of drug-likeness (QED) is 0.645. The third-order valence-corrected chi connectivity index (χ3v) is 5.08. The molecular formula is C23H27N3O4. The van der Waals surface area contributed by atoms with Gasteiger partial charge >= 0.3 is 11.7 Å². The van der Waals surface area contributed by atoms with Crippen molar-refractivity contribution in [3.05, 3.63) is 75.5 Å². The average Bonchev–Trinajstić information content (AvgIpc) is 3.05. The van der Waals surface area contributed by atoms with Crippen LogP contribution in [0.1, 0.15) is 43.0 Å². The number of hydrogen-bond donors (Lipinski definition) is 1. The maximum Gasteiger partial charge on any atom is 0.350 e. The van der Waals surface area contributed by atoms with E-state index in [9.17, 15) is 14.7 Å². The number of rotatable bonds is 7. The van der Waals surface area contributed by atoms with E-state index in [2.05, 4.69) is 12.0 Å². The van der Waals surface area contributed by atoms with E-state index in [-0.39, 0.29) is 5.69 Å². The third-order valence-electron chi connectivity index (χ3n) is 5.08. The average molecular weight is 409 g/mol. The Hall–Kier alpha value is -3.35. The van der Waals surface area contributed by atoms with Crippen molar-refractivity contribution in [2.24, 2.45) is 0 Å². The SMILES string of the molecule is CCc1ccc(-n2cnn(Cc3cc(C)c(OC(C)(C)C(=O)O)c(C)c3)c2=O)cc1. The summed E-state index contributed by atoms with van der Waals surface area (Å²) in [4.78, 5) is 24.2. The Morgan fingerprint density at radius 3 is 2.23 bits per heavy atom. The zero-order chi connectivity index (χ0) is 22.1. The van der Waals surface area contributed by atoms with E-state index >= 15 is 0 Å². The lowest BCUT2D eigenvalue weighted by Gasteiger charge is -2.24. The van der Waals surface area contributed by atoms with Crippen LogP contribution in [0, 0.1) is 13.8 Å². The summed E-state index contributed by atoms with van der Waals surface area (Å²) in [6.07, 6.45) is 2.46. The fourth-order valence-electron chi connectivity index (χ4n) is 3.28. The molecule has 3 aromatic rings. The number of hydrogen-bond acceptors (Lipinski definition) is 4. The molecule has 1 N–H and O–H groups in total. The van der Waals surface area contributed by atoms with E-state index in [1.165, 1.54) is 35.0 Å². The Labute approximate surface area is 175 Å². The predicted molar refractivity (Wildman–Crippen MR) is 115 cm³/mol. The molecule has 30 heavy (non-hydrogen) atoms. The molecule has 158 valence electrons. The number of ether oxygens (including phenoxy) is 1. The second kappa shape index (κ2) is 8.18. The number of carbonyl (C=O) groups is 1. The van der Waals surface area contributed by atoms with Gasteiger partial charge in [0.1, 0.15) is 12.1 Å². The largest absolute Gasteiger partial charge is 0.478 e. The Balaban J connectivity index is 1.86. The van der Waals surface area contributed by atoms with Gasteiger partial charge in [-0.15, -0.1) is 0 Å². The Morgan fingerprint density at radius 2 is 1.70 bits per heavy atom. The molecule has 0 spiro atoms. The van der Waals surface area contributed by atoms with E-state index < -0.39 is 11.6 Å². The zero-order valence-electron chi connectivity index (χ0n) is 18.0. The summed E-state index contributed by atoms with van der Waals surface area (Å²) in [6.45, 7) is 9.15. The molecule has 2 aromatic carbocycles. The van der Waals surface area contributed by atoms with Gasteiger partial charge in [0.15, 0.2) is 5.60 Å². The van der Waals surface area contributed by atoms with Crippen LogP contribution < -0.4 is 10.4 Å². The van der Waals surface area contributed by atoms with Crippen LogP contribution in [0.5, 0.6) is 5.75 Å². The molecule has 0 saturated heterocycles. The normalized spacial score (nSPS) is 11.5. The number of aryl methyl sites for hydroxylation is 3. The first kappa shape index (κ1) is 21.4. The lowest BCUT2D eigenvalue weighted by Crippen LogP contribution is -2.38. The van der Waals surface area contributed by atoms with Crippen molar-refractivity contribution in [2.45, 2.75) is 53.2 Å². The second-order valence-electron chi connectivity index (χ2n) is 7.94. The predicted octanol–water partition coefficient (Wildman–Crippen LogP) is 3.50. The van der Waals surface area contributed by atoms with Crippen molar-refractivity contribution in [3.8, 4) is 11.4 Å². The monoisotopic (exact) mass is 409 g/mol. The van der Waals surface area contributed by atoms with Gasteiger partial charge in [-0.25, -0.2) is 18.8 Å². The smallest absolute Gasteiger partial charge is 0.350 e. The van der Waals surface area contributed by atoms with Crippen LogP contribution in [0.3, 0.4) is 0 Å². The summed E-state index contributed by atoms with van der Waals surface area (Å²) in [5.41, 5.74) is 2.93. The molecule has 0 aliphatic carbocycles. The van der Waals surface area contributed by atoms with Crippen LogP contribution in [0.2, 0.25) is 0 Å². The molecule has 0 atom stereocenters. The minimum atomic E-state index is -1.33. The van der Waals surface area contributed by atoms with Gasteiger partial charge in [0.2, 0.25) is 0 Å². The molecule has 0 saturated carbocycles. The van der Waals surface area contributed by atoms with E-state index in [4.69, 9.17) is 4.74 Å². The second-order valence-corrected chi connectivity index (χ2v) is 7.94. The molecule has 1 aromatic heterocycles. The maximum atomic E-state index is 12.8. The van der Waals surface area contributed by atoms with Gasteiger partial charge in [0.05, 0.1) is 12.2 Å². The number of benzene rings is 2. The summed E-state index contributed by atoms with van der Waals surface area (Å²) < 4.78 is 8.67. The first-order valence-electron chi connectivity index (χ1n) is 9.88. The molecule has 0 unspecified atom stereocenters. The van der Waals surface area contributed by atoms with Crippen molar-refractivity contribution in [3.63, 3.8) is 0 Å². The number of nitrogens with zero attached hydrogens (tertiary/aromatic N) is 3. The zero-order valence-corrected chi connectivity index (χ0v) is 18.0. The summed E-state index contributed by atoms with van der Waals surface area (Å²) >= 11 is 0. The van der Waals surface area contributed by atoms with Gasteiger partial charge in [-0.1, -0.05) is 31.2 Å². The highest BCUT2D eigenvalue weighted by Crippen LogP contribution is 2.29. The van der Waals surface area contributed by atoms with Crippen LogP contribution in [0.15, 0.2) is 47.5 Å². The molecule has 1 heterocycles. The standard InChI is InChI=1S/C23H27N3O4/c1-6-17-7-9-19(10-8-17)25-14-24-26(22(25)29)13-18-11-15(2)20(16(3)12-18)30-23(4,5)21(27)28/h7-12,14H,6,13H2,1-5H3,(H,27,28). The van der Waals surface area contributed by atoms with Crippen molar-refractivity contribution >= 4 is 5.97 Å². The summed E-state index contributed by atoms with van der Waals surface area (Å²) in [5.74, 6) is -0.491. The molecule has 0 bridgehead atoms. The summed E-state index contributed by atoms with van der Waals surface area (Å²) in [5, 5.41) is 13.6. The van der Waals surface area contributed by atoms with Gasteiger partial charge in [0, 0.05) is 0 Å². The Morgan fingerprint density at radius 1 is 1.10 bits per heavy atom. The molecule has 0 aliphatic heterocycles. The first-order valence-corrected chi connectivity index (χ1v) is 9.88. The van der Waals surface area contributed by atoms with Gasteiger partial charge in [-0.2, -0.15) is 5.10 Å².